The van der Waals surface area contributed by atoms with E-state index in [2.05, 4.69) is 72.9 Å². The van der Waals surface area contributed by atoms with Gasteiger partial charge in [0.15, 0.2) is 0 Å². The molecule has 0 aliphatic carbocycles. The van der Waals surface area contributed by atoms with E-state index >= 15 is 0 Å². The molecule has 106 valence electrons. The molecule has 0 aliphatic rings. The average molecular weight is 399 g/mol. The van der Waals surface area contributed by atoms with Crippen molar-refractivity contribution in [2.24, 2.45) is 5.73 Å². The smallest absolute Gasteiger partial charge is 0.147 e. The molecule has 1 aromatic carbocycles. The Balaban J connectivity index is 2.41. The SMILES string of the molecule is Cc1cccc(N(CCCN)c2ncc(Br)cc2Br)c1. The number of anilines is 2. The Bertz CT molecular complexity index is 587. The van der Waals surface area contributed by atoms with Crippen molar-refractivity contribution in [3.63, 3.8) is 0 Å². The maximum Gasteiger partial charge on any atom is 0.147 e. The summed E-state index contributed by atoms with van der Waals surface area (Å²) in [6, 6.07) is 10.4. The summed E-state index contributed by atoms with van der Waals surface area (Å²) < 4.78 is 1.92. The minimum Gasteiger partial charge on any atom is -0.330 e. The maximum atomic E-state index is 5.66. The van der Waals surface area contributed by atoms with E-state index in [0.717, 1.165) is 33.4 Å². The van der Waals surface area contributed by atoms with E-state index in [4.69, 9.17) is 5.73 Å². The van der Waals surface area contributed by atoms with Crippen LogP contribution in [0.2, 0.25) is 0 Å². The van der Waals surface area contributed by atoms with E-state index in [1.54, 1.807) is 0 Å². The molecule has 0 unspecified atom stereocenters. The monoisotopic (exact) mass is 397 g/mol. The van der Waals surface area contributed by atoms with Crippen LogP contribution in [0, 0.1) is 6.92 Å². The first-order chi connectivity index (χ1) is 9.61. The van der Waals surface area contributed by atoms with Crippen LogP contribution in [-0.4, -0.2) is 18.1 Å². The lowest BCUT2D eigenvalue weighted by atomic mass is 10.2. The van der Waals surface area contributed by atoms with Gasteiger partial charge in [0.25, 0.3) is 0 Å². The van der Waals surface area contributed by atoms with Crippen LogP contribution in [0.1, 0.15) is 12.0 Å². The van der Waals surface area contributed by atoms with Gasteiger partial charge >= 0.3 is 0 Å². The molecule has 0 aliphatic heterocycles. The number of pyridine rings is 1. The zero-order chi connectivity index (χ0) is 14.5. The Morgan fingerprint density at radius 3 is 2.70 bits per heavy atom. The van der Waals surface area contributed by atoms with Gasteiger partial charge in [-0.25, -0.2) is 4.98 Å². The third-order valence-electron chi connectivity index (χ3n) is 2.94. The largest absolute Gasteiger partial charge is 0.330 e. The van der Waals surface area contributed by atoms with E-state index in [-0.39, 0.29) is 0 Å². The van der Waals surface area contributed by atoms with Crippen LogP contribution in [0.5, 0.6) is 0 Å². The van der Waals surface area contributed by atoms with Gasteiger partial charge in [0.05, 0.1) is 4.47 Å². The standard InChI is InChI=1S/C15H17Br2N3/c1-11-4-2-5-13(8-11)20(7-3-6-18)15-14(17)9-12(16)10-19-15/h2,4-5,8-10H,3,6-7,18H2,1H3. The molecule has 3 nitrogen and oxygen atoms in total. The highest BCUT2D eigenvalue weighted by atomic mass is 79.9. The number of nitrogens with zero attached hydrogens (tertiary/aromatic N) is 2. The summed E-state index contributed by atoms with van der Waals surface area (Å²) in [6.07, 6.45) is 2.73. The van der Waals surface area contributed by atoms with Crippen LogP contribution in [0.15, 0.2) is 45.5 Å². The van der Waals surface area contributed by atoms with Gasteiger partial charge in [0, 0.05) is 22.9 Å². The first-order valence-corrected chi connectivity index (χ1v) is 8.05. The molecule has 2 rings (SSSR count). The number of halogens is 2. The van der Waals surface area contributed by atoms with Crippen molar-refractivity contribution in [1.82, 2.24) is 4.98 Å². The lowest BCUT2D eigenvalue weighted by Gasteiger charge is -2.25. The first-order valence-electron chi connectivity index (χ1n) is 6.47. The van der Waals surface area contributed by atoms with E-state index in [0.29, 0.717) is 6.54 Å². The van der Waals surface area contributed by atoms with Crippen molar-refractivity contribution >= 4 is 43.4 Å². The van der Waals surface area contributed by atoms with Crippen LogP contribution >= 0.6 is 31.9 Å². The fourth-order valence-electron chi connectivity index (χ4n) is 2.01. The Kier molecular flexibility index (Phi) is 5.57. The minimum atomic E-state index is 0.663. The van der Waals surface area contributed by atoms with E-state index in [1.807, 2.05) is 12.3 Å². The molecule has 0 bridgehead atoms. The Labute approximate surface area is 136 Å². The fraction of sp³-hybridized carbons (Fsp3) is 0.267. The van der Waals surface area contributed by atoms with Crippen molar-refractivity contribution < 1.29 is 0 Å². The number of aryl methyl sites for hydroxylation is 1. The summed E-state index contributed by atoms with van der Waals surface area (Å²) >= 11 is 7.02. The summed E-state index contributed by atoms with van der Waals surface area (Å²) in [5.74, 6) is 0.909. The minimum absolute atomic E-state index is 0.663. The van der Waals surface area contributed by atoms with Gasteiger partial charge in [-0.2, -0.15) is 0 Å². The molecular formula is C15H17Br2N3. The quantitative estimate of drug-likeness (QED) is 0.811. The van der Waals surface area contributed by atoms with Crippen molar-refractivity contribution in [2.45, 2.75) is 13.3 Å². The molecule has 20 heavy (non-hydrogen) atoms. The van der Waals surface area contributed by atoms with Crippen molar-refractivity contribution in [2.75, 3.05) is 18.0 Å². The summed E-state index contributed by atoms with van der Waals surface area (Å²) in [7, 11) is 0. The molecule has 1 heterocycles. The van der Waals surface area contributed by atoms with Gasteiger partial charge < -0.3 is 10.6 Å². The number of nitrogens with two attached hydrogens (primary N) is 1. The summed E-state index contributed by atoms with van der Waals surface area (Å²) in [6.45, 7) is 3.60. The normalized spacial score (nSPS) is 10.6. The van der Waals surface area contributed by atoms with Crippen LogP contribution in [-0.2, 0) is 0 Å². The number of hydrogen-bond donors (Lipinski definition) is 1. The Morgan fingerprint density at radius 1 is 1.25 bits per heavy atom. The van der Waals surface area contributed by atoms with E-state index in [9.17, 15) is 0 Å². The lowest BCUT2D eigenvalue weighted by molar-refractivity contribution is 0.808. The second kappa shape index (κ2) is 7.20. The van der Waals surface area contributed by atoms with Gasteiger partial charge in [-0.1, -0.05) is 12.1 Å². The number of benzene rings is 1. The van der Waals surface area contributed by atoms with Gasteiger partial charge in [0.2, 0.25) is 0 Å². The second-order valence-electron chi connectivity index (χ2n) is 4.59. The van der Waals surface area contributed by atoms with E-state index < -0.39 is 0 Å². The second-order valence-corrected chi connectivity index (χ2v) is 6.36. The van der Waals surface area contributed by atoms with Crippen LogP contribution in [0.3, 0.4) is 0 Å². The highest BCUT2D eigenvalue weighted by Gasteiger charge is 2.14. The van der Waals surface area contributed by atoms with Crippen LogP contribution in [0.25, 0.3) is 0 Å². The van der Waals surface area contributed by atoms with Gasteiger partial charge in [0.1, 0.15) is 5.82 Å². The summed E-state index contributed by atoms with van der Waals surface area (Å²) in [4.78, 5) is 6.72. The van der Waals surface area contributed by atoms with Gasteiger partial charge in [-0.3, -0.25) is 0 Å². The molecular weight excluding hydrogens is 382 g/mol. The number of hydrogen-bond acceptors (Lipinski definition) is 3. The molecule has 0 amide bonds. The zero-order valence-electron chi connectivity index (χ0n) is 11.3. The van der Waals surface area contributed by atoms with E-state index in [1.165, 1.54) is 5.56 Å². The molecule has 0 atom stereocenters. The third-order valence-corrected chi connectivity index (χ3v) is 3.96. The zero-order valence-corrected chi connectivity index (χ0v) is 14.5. The van der Waals surface area contributed by atoms with Gasteiger partial charge in [-0.15, -0.1) is 0 Å². The number of aromatic nitrogens is 1. The molecule has 0 spiro atoms. The Hall–Kier alpha value is -0.910. The predicted molar refractivity (Wildman–Crippen MR) is 91.5 cm³/mol. The lowest BCUT2D eigenvalue weighted by Crippen LogP contribution is -2.22. The highest BCUT2D eigenvalue weighted by molar-refractivity contribution is 9.11. The van der Waals surface area contributed by atoms with Crippen LogP contribution in [0.4, 0.5) is 11.5 Å². The molecule has 1 aromatic heterocycles. The molecule has 0 fully saturated rings. The van der Waals surface area contributed by atoms with Crippen LogP contribution < -0.4 is 10.6 Å². The molecule has 0 radical (unpaired) electrons. The molecule has 2 N–H and O–H groups in total. The molecule has 2 aromatic rings. The van der Waals surface area contributed by atoms with Gasteiger partial charge in [-0.05, 0) is 75.5 Å². The van der Waals surface area contributed by atoms with Crippen molar-refractivity contribution in [1.29, 1.82) is 0 Å². The predicted octanol–water partition coefficient (Wildman–Crippen LogP) is 4.40. The highest BCUT2D eigenvalue weighted by Crippen LogP contribution is 2.32. The fourth-order valence-corrected chi connectivity index (χ4v) is 3.21. The molecule has 0 saturated heterocycles. The third kappa shape index (κ3) is 3.81. The van der Waals surface area contributed by atoms with Crippen molar-refractivity contribution in [3.05, 3.63) is 51.0 Å². The first kappa shape index (κ1) is 15.5. The molecule has 0 saturated carbocycles. The summed E-state index contributed by atoms with van der Waals surface area (Å²) in [5, 5.41) is 0. The topological polar surface area (TPSA) is 42.1 Å². The summed E-state index contributed by atoms with van der Waals surface area (Å²) in [5.41, 5.74) is 8.02. The Morgan fingerprint density at radius 2 is 2.05 bits per heavy atom. The molecule has 5 heteroatoms. The number of rotatable bonds is 5. The maximum absolute atomic E-state index is 5.66. The van der Waals surface area contributed by atoms with Crippen molar-refractivity contribution in [3.8, 4) is 0 Å². The average Bonchev–Trinajstić information content (AvgIpc) is 2.41.